The number of hydrogen-bond acceptors (Lipinski definition) is 4. The molecule has 1 N–H and O–H groups in total. The molecule has 24 heavy (non-hydrogen) atoms. The summed E-state index contributed by atoms with van der Waals surface area (Å²) < 4.78 is 5.65. The molecule has 0 radical (unpaired) electrons. The summed E-state index contributed by atoms with van der Waals surface area (Å²) in [5.74, 6) is 0.699. The monoisotopic (exact) mass is 346 g/mol. The molecule has 128 valence electrons. The first-order chi connectivity index (χ1) is 11.7. The third-order valence-electron chi connectivity index (χ3n) is 3.56. The van der Waals surface area contributed by atoms with Gasteiger partial charge in [-0.3, -0.25) is 0 Å². The van der Waals surface area contributed by atoms with Gasteiger partial charge in [0, 0.05) is 11.1 Å². The highest BCUT2D eigenvalue weighted by atomic mass is 35.5. The second-order valence-corrected chi connectivity index (χ2v) is 6.03. The summed E-state index contributed by atoms with van der Waals surface area (Å²) in [6, 6.07) is 12.1. The molecule has 0 aliphatic carbocycles. The molecule has 0 fully saturated rings. The highest BCUT2D eigenvalue weighted by molar-refractivity contribution is 6.30. The van der Waals surface area contributed by atoms with Crippen LogP contribution < -0.4 is 4.74 Å². The van der Waals surface area contributed by atoms with Crippen molar-refractivity contribution < 1.29 is 9.84 Å². The van der Waals surface area contributed by atoms with E-state index in [2.05, 4.69) is 17.2 Å². The number of halogens is 1. The van der Waals surface area contributed by atoms with E-state index in [1.807, 2.05) is 0 Å². The van der Waals surface area contributed by atoms with Crippen molar-refractivity contribution in [2.75, 3.05) is 6.61 Å². The molecule has 4 nitrogen and oxygen atoms in total. The molecule has 0 atom stereocenters. The molecule has 0 aliphatic rings. The Labute approximate surface area is 148 Å². The van der Waals surface area contributed by atoms with E-state index in [4.69, 9.17) is 16.3 Å². The maximum atomic E-state index is 10.0. The van der Waals surface area contributed by atoms with Crippen molar-refractivity contribution in [2.24, 2.45) is 10.2 Å². The number of hydrogen-bond donors (Lipinski definition) is 1. The summed E-state index contributed by atoms with van der Waals surface area (Å²) in [7, 11) is 0. The van der Waals surface area contributed by atoms with Gasteiger partial charge in [0.1, 0.15) is 17.2 Å². The van der Waals surface area contributed by atoms with Crippen molar-refractivity contribution in [3.63, 3.8) is 0 Å². The molecule has 0 spiro atoms. The first kappa shape index (κ1) is 18.3. The Morgan fingerprint density at radius 2 is 1.71 bits per heavy atom. The van der Waals surface area contributed by atoms with E-state index < -0.39 is 0 Å². The van der Waals surface area contributed by atoms with Gasteiger partial charge in [-0.1, -0.05) is 44.2 Å². The van der Waals surface area contributed by atoms with Crippen LogP contribution in [0.3, 0.4) is 0 Å². The SMILES string of the molecule is CCCCCCCOc1ccc(N=Nc2ccc(Cl)cc2)c(O)c1. The molecule has 0 saturated heterocycles. The molecule has 2 aromatic rings. The molecule has 0 bridgehead atoms. The van der Waals surface area contributed by atoms with Crippen molar-refractivity contribution in [3.05, 3.63) is 47.5 Å². The van der Waals surface area contributed by atoms with Crippen LogP contribution in [0.5, 0.6) is 11.5 Å². The topological polar surface area (TPSA) is 54.2 Å². The van der Waals surface area contributed by atoms with Gasteiger partial charge in [0.2, 0.25) is 0 Å². The average Bonchev–Trinajstić information content (AvgIpc) is 2.59. The Morgan fingerprint density at radius 1 is 0.958 bits per heavy atom. The van der Waals surface area contributed by atoms with Crippen molar-refractivity contribution in [1.82, 2.24) is 0 Å². The molecule has 0 aromatic heterocycles. The highest BCUT2D eigenvalue weighted by Gasteiger charge is 2.03. The summed E-state index contributed by atoms with van der Waals surface area (Å²) in [4.78, 5) is 0. The van der Waals surface area contributed by atoms with Gasteiger partial charge in [-0.05, 0) is 42.8 Å². The fourth-order valence-electron chi connectivity index (χ4n) is 2.19. The Balaban J connectivity index is 1.86. The van der Waals surface area contributed by atoms with Crippen LogP contribution in [0.1, 0.15) is 39.0 Å². The molecule has 2 aromatic carbocycles. The van der Waals surface area contributed by atoms with E-state index in [0.29, 0.717) is 28.8 Å². The van der Waals surface area contributed by atoms with E-state index in [1.165, 1.54) is 25.7 Å². The first-order valence-corrected chi connectivity index (χ1v) is 8.70. The van der Waals surface area contributed by atoms with Crippen molar-refractivity contribution in [3.8, 4) is 11.5 Å². The van der Waals surface area contributed by atoms with E-state index in [1.54, 1.807) is 42.5 Å². The van der Waals surface area contributed by atoms with E-state index in [9.17, 15) is 5.11 Å². The zero-order chi connectivity index (χ0) is 17.2. The van der Waals surface area contributed by atoms with Crippen LogP contribution in [0, 0.1) is 0 Å². The predicted octanol–water partition coefficient (Wildman–Crippen LogP) is 6.81. The van der Waals surface area contributed by atoms with Gasteiger partial charge in [-0.15, -0.1) is 5.11 Å². The van der Waals surface area contributed by atoms with Gasteiger partial charge in [0.15, 0.2) is 0 Å². The second kappa shape index (κ2) is 9.93. The number of azo groups is 1. The van der Waals surface area contributed by atoms with Crippen molar-refractivity contribution in [1.29, 1.82) is 0 Å². The highest BCUT2D eigenvalue weighted by Crippen LogP contribution is 2.32. The summed E-state index contributed by atoms with van der Waals surface area (Å²) in [6.07, 6.45) is 5.95. The minimum Gasteiger partial charge on any atom is -0.505 e. The molecule has 0 saturated carbocycles. The lowest BCUT2D eigenvalue weighted by molar-refractivity contribution is 0.303. The molecular weight excluding hydrogens is 324 g/mol. The zero-order valence-corrected chi connectivity index (χ0v) is 14.7. The standard InChI is InChI=1S/C19H23ClN2O2/c1-2-3-4-5-6-13-24-17-11-12-18(19(23)14-17)22-21-16-9-7-15(20)8-10-16/h7-12,14,23H,2-6,13H2,1H3. The Kier molecular flexibility index (Phi) is 7.56. The third-order valence-corrected chi connectivity index (χ3v) is 3.82. The molecule has 0 unspecified atom stereocenters. The number of unbranched alkanes of at least 4 members (excludes halogenated alkanes) is 4. The van der Waals surface area contributed by atoms with Crippen LogP contribution in [-0.2, 0) is 0 Å². The second-order valence-electron chi connectivity index (χ2n) is 5.59. The fourth-order valence-corrected chi connectivity index (χ4v) is 2.32. The van der Waals surface area contributed by atoms with Gasteiger partial charge in [-0.25, -0.2) is 0 Å². The summed E-state index contributed by atoms with van der Waals surface area (Å²) in [5, 5.41) is 18.8. The lowest BCUT2D eigenvalue weighted by atomic mass is 10.2. The van der Waals surface area contributed by atoms with Gasteiger partial charge in [0.25, 0.3) is 0 Å². The quantitative estimate of drug-likeness (QED) is 0.400. The molecule has 2 rings (SSSR count). The van der Waals surface area contributed by atoms with Crippen LogP contribution in [-0.4, -0.2) is 11.7 Å². The summed E-state index contributed by atoms with van der Waals surface area (Å²) in [5.41, 5.74) is 1.08. The largest absolute Gasteiger partial charge is 0.505 e. The number of benzene rings is 2. The Morgan fingerprint density at radius 3 is 2.42 bits per heavy atom. The van der Waals surface area contributed by atoms with Crippen molar-refractivity contribution >= 4 is 23.0 Å². The maximum Gasteiger partial charge on any atom is 0.146 e. The van der Waals surface area contributed by atoms with Crippen molar-refractivity contribution in [2.45, 2.75) is 39.0 Å². The third kappa shape index (κ3) is 6.20. The van der Waals surface area contributed by atoms with Gasteiger partial charge >= 0.3 is 0 Å². The fraction of sp³-hybridized carbons (Fsp3) is 0.368. The van der Waals surface area contributed by atoms with Gasteiger partial charge in [0.05, 0.1) is 12.3 Å². The maximum absolute atomic E-state index is 10.0. The smallest absolute Gasteiger partial charge is 0.146 e. The number of phenols is 1. The number of nitrogens with zero attached hydrogens (tertiary/aromatic N) is 2. The number of aromatic hydroxyl groups is 1. The lowest BCUT2D eigenvalue weighted by Crippen LogP contribution is -1.96. The van der Waals surface area contributed by atoms with Crippen LogP contribution in [0.25, 0.3) is 0 Å². The summed E-state index contributed by atoms with van der Waals surface area (Å²) >= 11 is 5.82. The number of rotatable bonds is 9. The Hall–Kier alpha value is -2.07. The minimum absolute atomic E-state index is 0.0520. The van der Waals surface area contributed by atoms with E-state index in [0.717, 1.165) is 6.42 Å². The van der Waals surface area contributed by atoms with E-state index >= 15 is 0 Å². The average molecular weight is 347 g/mol. The lowest BCUT2D eigenvalue weighted by Gasteiger charge is -2.07. The normalized spacial score (nSPS) is 11.1. The molecular formula is C19H23ClN2O2. The van der Waals surface area contributed by atoms with Crippen LogP contribution >= 0.6 is 11.6 Å². The van der Waals surface area contributed by atoms with Crippen LogP contribution in [0.2, 0.25) is 5.02 Å². The predicted molar refractivity (Wildman–Crippen MR) is 98.0 cm³/mol. The summed E-state index contributed by atoms with van der Waals surface area (Å²) in [6.45, 7) is 2.86. The van der Waals surface area contributed by atoms with Gasteiger partial charge in [-0.2, -0.15) is 5.11 Å². The van der Waals surface area contributed by atoms with E-state index in [-0.39, 0.29) is 5.75 Å². The van der Waals surface area contributed by atoms with Crippen LogP contribution in [0.4, 0.5) is 11.4 Å². The molecule has 0 amide bonds. The number of phenolic OH excluding ortho intramolecular Hbond substituents is 1. The number of ether oxygens (including phenoxy) is 1. The molecule has 5 heteroatoms. The van der Waals surface area contributed by atoms with Gasteiger partial charge < -0.3 is 9.84 Å². The van der Waals surface area contributed by atoms with Crippen LogP contribution in [0.15, 0.2) is 52.7 Å². The molecule has 0 heterocycles. The Bertz CT molecular complexity index is 657. The molecule has 0 aliphatic heterocycles. The minimum atomic E-state index is 0.0520. The zero-order valence-electron chi connectivity index (χ0n) is 13.9. The first-order valence-electron chi connectivity index (χ1n) is 8.32.